The molecule has 33 heavy (non-hydrogen) atoms. The standard InChI is InChI=1S/C26H29F7/c1-2-3-16-4-6-18(7-5-16)24(29)25(30)19-10-8-17(9-11-19)20-14-22(27)21(23(28)15-20)12-13-26(31,32)33/h14-19H,2-11H2,1H3/b25-24+. The number of hydrogen-bond donors (Lipinski definition) is 0. The van der Waals surface area contributed by atoms with Gasteiger partial charge in [-0.25, -0.2) is 17.6 Å². The Kier molecular flexibility index (Phi) is 8.53. The first-order valence-electron chi connectivity index (χ1n) is 11.7. The highest BCUT2D eigenvalue weighted by Crippen LogP contribution is 2.44. The molecule has 2 aliphatic carbocycles. The zero-order valence-corrected chi connectivity index (χ0v) is 18.7. The van der Waals surface area contributed by atoms with Gasteiger partial charge in [-0.15, -0.1) is 0 Å². The Balaban J connectivity index is 1.62. The second-order valence-corrected chi connectivity index (χ2v) is 9.36. The van der Waals surface area contributed by atoms with Gasteiger partial charge in [0.25, 0.3) is 0 Å². The van der Waals surface area contributed by atoms with Crippen LogP contribution in [-0.4, -0.2) is 6.18 Å². The lowest BCUT2D eigenvalue weighted by atomic mass is 9.76. The van der Waals surface area contributed by atoms with Gasteiger partial charge >= 0.3 is 6.18 Å². The summed E-state index contributed by atoms with van der Waals surface area (Å²) in [6.07, 6.45) is 2.10. The zero-order chi connectivity index (χ0) is 24.2. The Morgan fingerprint density at radius 2 is 1.33 bits per heavy atom. The van der Waals surface area contributed by atoms with Gasteiger partial charge in [-0.2, -0.15) is 13.2 Å². The summed E-state index contributed by atoms with van der Waals surface area (Å²) < 4.78 is 94.8. The third-order valence-corrected chi connectivity index (χ3v) is 7.08. The van der Waals surface area contributed by atoms with Crippen molar-refractivity contribution in [3.8, 4) is 11.8 Å². The van der Waals surface area contributed by atoms with E-state index in [0.29, 0.717) is 50.0 Å². The van der Waals surface area contributed by atoms with Crippen LogP contribution in [0.4, 0.5) is 30.7 Å². The molecule has 2 fully saturated rings. The van der Waals surface area contributed by atoms with Gasteiger partial charge in [-0.3, -0.25) is 0 Å². The highest BCUT2D eigenvalue weighted by molar-refractivity contribution is 5.40. The molecule has 7 heteroatoms. The lowest BCUT2D eigenvalue weighted by Crippen LogP contribution is -2.19. The van der Waals surface area contributed by atoms with E-state index in [1.54, 1.807) is 0 Å². The minimum absolute atomic E-state index is 0.268. The average molecular weight is 475 g/mol. The third-order valence-electron chi connectivity index (χ3n) is 7.08. The predicted octanol–water partition coefficient (Wildman–Crippen LogP) is 8.91. The van der Waals surface area contributed by atoms with Crippen LogP contribution in [0.1, 0.15) is 88.2 Å². The molecule has 0 aromatic heterocycles. The van der Waals surface area contributed by atoms with Crippen LogP contribution in [0.5, 0.6) is 0 Å². The Morgan fingerprint density at radius 1 is 0.848 bits per heavy atom. The molecule has 2 saturated carbocycles. The van der Waals surface area contributed by atoms with Crippen LogP contribution in [0.15, 0.2) is 23.8 Å². The highest BCUT2D eigenvalue weighted by Gasteiger charge is 2.32. The Bertz CT molecular complexity index is 880. The number of benzene rings is 1. The van der Waals surface area contributed by atoms with Gasteiger partial charge in [0.15, 0.2) is 0 Å². The number of hydrogen-bond acceptors (Lipinski definition) is 0. The number of alkyl halides is 3. The minimum atomic E-state index is -4.85. The van der Waals surface area contributed by atoms with Crippen LogP contribution in [0, 0.1) is 41.2 Å². The van der Waals surface area contributed by atoms with Gasteiger partial charge in [0.1, 0.15) is 23.3 Å². The summed E-state index contributed by atoms with van der Waals surface area (Å²) in [4.78, 5) is 0. The van der Waals surface area contributed by atoms with Crippen molar-refractivity contribution in [2.24, 2.45) is 17.8 Å². The maximum atomic E-state index is 14.9. The molecule has 1 aromatic carbocycles. The predicted molar refractivity (Wildman–Crippen MR) is 114 cm³/mol. The molecule has 0 N–H and O–H groups in total. The largest absolute Gasteiger partial charge is 0.458 e. The number of allylic oxidation sites excluding steroid dienone is 2. The maximum absolute atomic E-state index is 14.9. The third kappa shape index (κ3) is 6.77. The second-order valence-electron chi connectivity index (χ2n) is 9.36. The summed E-state index contributed by atoms with van der Waals surface area (Å²) in [5.41, 5.74) is -0.616. The smallest absolute Gasteiger partial charge is 0.209 e. The molecule has 0 aliphatic heterocycles. The maximum Gasteiger partial charge on any atom is 0.458 e. The first kappa shape index (κ1) is 25.6. The van der Waals surface area contributed by atoms with Gasteiger partial charge < -0.3 is 0 Å². The fourth-order valence-corrected chi connectivity index (χ4v) is 5.26. The molecule has 0 nitrogen and oxygen atoms in total. The molecule has 0 amide bonds. The van der Waals surface area contributed by atoms with Gasteiger partial charge in [0.2, 0.25) is 0 Å². The normalized spacial score (nSPS) is 26.9. The van der Waals surface area contributed by atoms with E-state index in [4.69, 9.17) is 0 Å². The van der Waals surface area contributed by atoms with Crippen LogP contribution in [0.2, 0.25) is 0 Å². The van der Waals surface area contributed by atoms with E-state index in [1.807, 2.05) is 0 Å². The van der Waals surface area contributed by atoms with Crippen molar-refractivity contribution in [1.82, 2.24) is 0 Å². The van der Waals surface area contributed by atoms with Crippen LogP contribution in [0.3, 0.4) is 0 Å². The molecule has 0 radical (unpaired) electrons. The minimum Gasteiger partial charge on any atom is -0.209 e. The van der Waals surface area contributed by atoms with E-state index in [0.717, 1.165) is 43.7 Å². The molecule has 0 heterocycles. The van der Waals surface area contributed by atoms with Crippen molar-refractivity contribution < 1.29 is 30.7 Å². The summed E-state index contributed by atoms with van der Waals surface area (Å²) in [6.45, 7) is 2.13. The molecule has 2 aliphatic rings. The van der Waals surface area contributed by atoms with Crippen molar-refractivity contribution in [3.05, 3.63) is 46.5 Å². The first-order chi connectivity index (χ1) is 15.6. The average Bonchev–Trinajstić information content (AvgIpc) is 2.77. The van der Waals surface area contributed by atoms with Gasteiger partial charge in [0, 0.05) is 17.8 Å². The summed E-state index contributed by atoms with van der Waals surface area (Å²) >= 11 is 0. The van der Waals surface area contributed by atoms with Gasteiger partial charge in [-0.05, 0) is 80.9 Å². The van der Waals surface area contributed by atoms with E-state index < -0.39 is 40.9 Å². The Morgan fingerprint density at radius 3 is 1.79 bits per heavy atom. The molecule has 0 atom stereocenters. The SMILES string of the molecule is CCCC1CCC(/C(F)=C(\F)C2CCC(c3cc(F)c(C#CC(F)(F)F)c(F)c3)CC2)CC1. The zero-order valence-electron chi connectivity index (χ0n) is 18.7. The number of halogens is 7. The summed E-state index contributed by atoms with van der Waals surface area (Å²) in [5.74, 6) is -1.80. The topological polar surface area (TPSA) is 0 Å². The van der Waals surface area contributed by atoms with E-state index in [-0.39, 0.29) is 11.8 Å². The quantitative estimate of drug-likeness (QED) is 0.295. The lowest BCUT2D eigenvalue weighted by molar-refractivity contribution is -0.0696. The molecular weight excluding hydrogens is 445 g/mol. The Labute approximate surface area is 190 Å². The first-order valence-corrected chi connectivity index (χ1v) is 11.7. The van der Waals surface area contributed by atoms with Crippen molar-refractivity contribution in [2.45, 2.75) is 83.2 Å². The van der Waals surface area contributed by atoms with Gasteiger partial charge in [-0.1, -0.05) is 25.7 Å². The Hall–Kier alpha value is -1.97. The molecule has 3 rings (SSSR count). The molecule has 182 valence electrons. The molecule has 0 spiro atoms. The monoisotopic (exact) mass is 474 g/mol. The number of rotatable bonds is 5. The highest BCUT2D eigenvalue weighted by atomic mass is 19.4. The van der Waals surface area contributed by atoms with Crippen LogP contribution in [0.25, 0.3) is 0 Å². The van der Waals surface area contributed by atoms with E-state index in [2.05, 4.69) is 6.92 Å². The molecule has 0 bridgehead atoms. The van der Waals surface area contributed by atoms with Gasteiger partial charge in [0.05, 0.1) is 5.56 Å². The van der Waals surface area contributed by atoms with E-state index in [1.165, 1.54) is 5.92 Å². The fourth-order valence-electron chi connectivity index (χ4n) is 5.26. The lowest BCUT2D eigenvalue weighted by Gasteiger charge is -2.31. The van der Waals surface area contributed by atoms with Crippen molar-refractivity contribution >= 4 is 0 Å². The molecule has 0 saturated heterocycles. The van der Waals surface area contributed by atoms with E-state index in [9.17, 15) is 30.7 Å². The molecular formula is C26H29F7. The van der Waals surface area contributed by atoms with E-state index >= 15 is 0 Å². The van der Waals surface area contributed by atoms with Crippen molar-refractivity contribution in [2.75, 3.05) is 0 Å². The summed E-state index contributed by atoms with van der Waals surface area (Å²) in [7, 11) is 0. The van der Waals surface area contributed by atoms with Crippen molar-refractivity contribution in [3.63, 3.8) is 0 Å². The molecule has 1 aromatic rings. The van der Waals surface area contributed by atoms with Crippen LogP contribution < -0.4 is 0 Å². The van der Waals surface area contributed by atoms with Crippen LogP contribution >= 0.6 is 0 Å². The van der Waals surface area contributed by atoms with Crippen LogP contribution in [-0.2, 0) is 0 Å². The molecule has 0 unspecified atom stereocenters. The second kappa shape index (κ2) is 11.0. The van der Waals surface area contributed by atoms with Crippen molar-refractivity contribution in [1.29, 1.82) is 0 Å². The fraction of sp³-hybridized carbons (Fsp3) is 0.615. The summed E-state index contributed by atoms with van der Waals surface area (Å²) in [5, 5.41) is 0. The summed E-state index contributed by atoms with van der Waals surface area (Å²) in [6, 6.07) is 1.99.